The zero-order chi connectivity index (χ0) is 19.5. The molecular weight excluding hydrogens is 380 g/mol. The number of urea groups is 1. The fourth-order valence-corrected chi connectivity index (χ4v) is 3.48. The number of amides is 3. The van der Waals surface area contributed by atoms with Crippen LogP contribution in [0.5, 0.6) is 0 Å². The number of hydrogen-bond donors (Lipinski definition) is 4. The maximum atomic E-state index is 11.9. The average molecular weight is 398 g/mol. The van der Waals surface area contributed by atoms with E-state index < -0.39 is 6.09 Å². The second-order valence-electron chi connectivity index (χ2n) is 6.50. The molecule has 0 aliphatic heterocycles. The fraction of sp³-hybridized carbons (Fsp3) is 0.278. The minimum atomic E-state index is -1.06. The summed E-state index contributed by atoms with van der Waals surface area (Å²) in [6.45, 7) is 0.921. The SMILES string of the molecule is O=C(O)NCc1ccc(-c2cnc3ccc(NC(=O)NCC4CC4)nc3n2)s1. The minimum absolute atomic E-state index is 0.239. The lowest BCUT2D eigenvalue weighted by atomic mass is 10.3. The number of fused-ring (bicyclic) bond motifs is 1. The second-order valence-corrected chi connectivity index (χ2v) is 7.67. The van der Waals surface area contributed by atoms with Crippen LogP contribution in [-0.2, 0) is 6.54 Å². The number of thiophene rings is 1. The quantitative estimate of drug-likeness (QED) is 0.505. The normalized spacial score (nSPS) is 13.3. The van der Waals surface area contributed by atoms with E-state index in [0.717, 1.165) is 9.75 Å². The first-order valence-electron chi connectivity index (χ1n) is 8.81. The summed E-state index contributed by atoms with van der Waals surface area (Å²) < 4.78 is 0. The van der Waals surface area contributed by atoms with E-state index >= 15 is 0 Å². The summed E-state index contributed by atoms with van der Waals surface area (Å²) in [4.78, 5) is 37.6. The van der Waals surface area contributed by atoms with Gasteiger partial charge in [0.15, 0.2) is 5.65 Å². The van der Waals surface area contributed by atoms with Crippen LogP contribution < -0.4 is 16.0 Å². The molecule has 10 heteroatoms. The van der Waals surface area contributed by atoms with Crippen molar-refractivity contribution in [1.82, 2.24) is 25.6 Å². The first-order valence-corrected chi connectivity index (χ1v) is 9.63. The first kappa shape index (κ1) is 18.1. The third-order valence-corrected chi connectivity index (χ3v) is 5.33. The van der Waals surface area contributed by atoms with Crippen LogP contribution in [0.4, 0.5) is 15.4 Å². The van der Waals surface area contributed by atoms with Gasteiger partial charge in [-0.1, -0.05) is 0 Å². The van der Waals surface area contributed by atoms with Crippen molar-refractivity contribution in [3.05, 3.63) is 35.3 Å². The van der Waals surface area contributed by atoms with Gasteiger partial charge in [-0.05, 0) is 43.0 Å². The standard InChI is InChI=1S/C18H18N6O3S/c25-17(20-7-10-1-2-10)24-15-6-4-12-16(23-15)22-13(9-19-12)14-5-3-11(28-14)8-21-18(26)27/h3-6,9-10,21H,1-2,7-8H2,(H,26,27)(H2,20,22,23,24,25). The summed E-state index contributed by atoms with van der Waals surface area (Å²) in [6.07, 6.45) is 2.93. The van der Waals surface area contributed by atoms with Crippen molar-refractivity contribution in [3.8, 4) is 10.6 Å². The third kappa shape index (κ3) is 4.52. The van der Waals surface area contributed by atoms with Gasteiger partial charge in [0, 0.05) is 11.4 Å². The molecule has 3 aromatic rings. The molecule has 9 nitrogen and oxygen atoms in total. The smallest absolute Gasteiger partial charge is 0.404 e. The van der Waals surface area contributed by atoms with Gasteiger partial charge in [0.05, 0.1) is 17.6 Å². The highest BCUT2D eigenvalue weighted by molar-refractivity contribution is 7.15. The lowest BCUT2D eigenvalue weighted by Gasteiger charge is -2.07. The molecule has 0 saturated heterocycles. The highest BCUT2D eigenvalue weighted by Crippen LogP contribution is 2.28. The van der Waals surface area contributed by atoms with Gasteiger partial charge >= 0.3 is 12.1 Å². The van der Waals surface area contributed by atoms with Crippen LogP contribution in [-0.4, -0.2) is 38.7 Å². The molecule has 3 amide bonds. The van der Waals surface area contributed by atoms with Gasteiger partial charge in [0.25, 0.3) is 0 Å². The van der Waals surface area contributed by atoms with Gasteiger partial charge in [-0.25, -0.2) is 19.6 Å². The van der Waals surface area contributed by atoms with Gasteiger partial charge in [0.2, 0.25) is 0 Å². The Morgan fingerprint density at radius 3 is 2.79 bits per heavy atom. The molecule has 0 atom stereocenters. The fourth-order valence-electron chi connectivity index (χ4n) is 2.58. The predicted molar refractivity (Wildman–Crippen MR) is 105 cm³/mol. The number of aromatic nitrogens is 3. The number of nitrogens with zero attached hydrogens (tertiary/aromatic N) is 3. The Morgan fingerprint density at radius 2 is 2.00 bits per heavy atom. The summed E-state index contributed by atoms with van der Waals surface area (Å²) in [5, 5.41) is 16.6. The number of carbonyl (C=O) groups is 2. The molecule has 3 heterocycles. The molecule has 28 heavy (non-hydrogen) atoms. The van der Waals surface area contributed by atoms with Crippen molar-refractivity contribution in [2.75, 3.05) is 11.9 Å². The van der Waals surface area contributed by atoms with Crippen molar-refractivity contribution < 1.29 is 14.7 Å². The summed E-state index contributed by atoms with van der Waals surface area (Å²) in [6, 6.07) is 6.88. The van der Waals surface area contributed by atoms with Gasteiger partial charge in [-0.3, -0.25) is 10.3 Å². The number of rotatable bonds is 6. The molecule has 1 fully saturated rings. The summed E-state index contributed by atoms with van der Waals surface area (Å²) >= 11 is 1.43. The maximum absolute atomic E-state index is 11.9. The maximum Gasteiger partial charge on any atom is 0.404 e. The van der Waals surface area contributed by atoms with Crippen molar-refractivity contribution in [2.45, 2.75) is 19.4 Å². The molecule has 4 N–H and O–H groups in total. The number of pyridine rings is 1. The molecule has 1 aliphatic carbocycles. The Bertz CT molecular complexity index is 1030. The van der Waals surface area contributed by atoms with Gasteiger partial charge in [0.1, 0.15) is 17.0 Å². The Balaban J connectivity index is 1.49. The van der Waals surface area contributed by atoms with E-state index in [1.807, 2.05) is 12.1 Å². The van der Waals surface area contributed by atoms with Crippen LogP contribution >= 0.6 is 11.3 Å². The Morgan fingerprint density at radius 1 is 1.14 bits per heavy atom. The second kappa shape index (κ2) is 7.77. The number of carbonyl (C=O) groups excluding carboxylic acids is 1. The van der Waals surface area contributed by atoms with Crippen LogP contribution in [0, 0.1) is 5.92 Å². The number of carboxylic acid groups (broad SMARTS) is 1. The molecule has 0 radical (unpaired) electrons. The van der Waals surface area contributed by atoms with Crippen molar-refractivity contribution in [1.29, 1.82) is 0 Å². The topological polar surface area (TPSA) is 129 Å². The van der Waals surface area contributed by atoms with Crippen LogP contribution in [0.3, 0.4) is 0 Å². The Kier molecular flexibility index (Phi) is 5.02. The largest absolute Gasteiger partial charge is 0.465 e. The van der Waals surface area contributed by atoms with E-state index in [1.165, 1.54) is 24.2 Å². The van der Waals surface area contributed by atoms with Gasteiger partial charge < -0.3 is 15.7 Å². The molecule has 4 rings (SSSR count). The monoisotopic (exact) mass is 398 g/mol. The first-order chi connectivity index (χ1) is 13.6. The molecule has 1 saturated carbocycles. The number of nitrogens with one attached hydrogen (secondary N) is 3. The lowest BCUT2D eigenvalue weighted by molar-refractivity contribution is 0.194. The van der Waals surface area contributed by atoms with Crippen molar-refractivity contribution in [3.63, 3.8) is 0 Å². The molecule has 3 aromatic heterocycles. The van der Waals surface area contributed by atoms with E-state index in [9.17, 15) is 9.59 Å². The molecular formula is C18H18N6O3S. The van der Waals surface area contributed by atoms with E-state index in [-0.39, 0.29) is 12.6 Å². The third-order valence-electron chi connectivity index (χ3n) is 4.22. The Labute approximate surface area is 164 Å². The van der Waals surface area contributed by atoms with Crippen LogP contribution in [0.25, 0.3) is 21.7 Å². The highest BCUT2D eigenvalue weighted by Gasteiger charge is 2.21. The van der Waals surface area contributed by atoms with Crippen LogP contribution in [0.2, 0.25) is 0 Å². The molecule has 0 bridgehead atoms. The molecule has 0 unspecified atom stereocenters. The lowest BCUT2D eigenvalue weighted by Crippen LogP contribution is -2.30. The molecule has 0 spiro atoms. The zero-order valence-corrected chi connectivity index (χ0v) is 15.6. The van der Waals surface area contributed by atoms with E-state index in [0.29, 0.717) is 35.1 Å². The average Bonchev–Trinajstić information content (AvgIpc) is 3.39. The number of hydrogen-bond acceptors (Lipinski definition) is 6. The highest BCUT2D eigenvalue weighted by atomic mass is 32.1. The Hall–Kier alpha value is -3.27. The molecule has 0 aromatic carbocycles. The van der Waals surface area contributed by atoms with Crippen molar-refractivity contribution >= 4 is 40.4 Å². The zero-order valence-electron chi connectivity index (χ0n) is 14.8. The molecule has 144 valence electrons. The van der Waals surface area contributed by atoms with Gasteiger partial charge in [-0.2, -0.15) is 0 Å². The molecule has 1 aliphatic rings. The summed E-state index contributed by atoms with van der Waals surface area (Å²) in [5.74, 6) is 1.01. The van der Waals surface area contributed by atoms with E-state index in [1.54, 1.807) is 18.3 Å². The summed E-state index contributed by atoms with van der Waals surface area (Å²) in [5.41, 5.74) is 1.69. The van der Waals surface area contributed by atoms with Gasteiger partial charge in [-0.15, -0.1) is 11.3 Å². The van der Waals surface area contributed by atoms with Crippen LogP contribution in [0.15, 0.2) is 30.5 Å². The van der Waals surface area contributed by atoms with Crippen LogP contribution in [0.1, 0.15) is 17.7 Å². The van der Waals surface area contributed by atoms with Crippen molar-refractivity contribution in [2.24, 2.45) is 5.92 Å². The summed E-state index contributed by atoms with van der Waals surface area (Å²) in [7, 11) is 0. The van der Waals surface area contributed by atoms with E-state index in [2.05, 4.69) is 30.9 Å². The van der Waals surface area contributed by atoms with E-state index in [4.69, 9.17) is 5.11 Å². The minimum Gasteiger partial charge on any atom is -0.465 e. The number of anilines is 1. The predicted octanol–water partition coefficient (Wildman–Crippen LogP) is 3.05.